The van der Waals surface area contributed by atoms with Gasteiger partial charge >= 0.3 is 0 Å². The quantitative estimate of drug-likeness (QED) is 0.815. The fraction of sp³-hybridized carbons (Fsp3) is 0.357. The van der Waals surface area contributed by atoms with Gasteiger partial charge in [0.05, 0.1) is 5.52 Å². The van der Waals surface area contributed by atoms with E-state index >= 15 is 0 Å². The Morgan fingerprint density at radius 1 is 1.06 bits per heavy atom. The topological polar surface area (TPSA) is 36.4 Å². The van der Waals surface area contributed by atoms with E-state index in [4.69, 9.17) is 0 Å². The number of piperidine rings is 1. The molecule has 1 fully saturated rings. The van der Waals surface area contributed by atoms with Crippen molar-refractivity contribution in [3.63, 3.8) is 0 Å². The first kappa shape index (κ1) is 10.4. The Labute approximate surface area is 101 Å². The summed E-state index contributed by atoms with van der Waals surface area (Å²) in [6, 6.07) is 7.42. The Morgan fingerprint density at radius 3 is 2.71 bits per heavy atom. The normalized spacial score (nSPS) is 16.4. The molecule has 1 aliphatic rings. The summed E-state index contributed by atoms with van der Waals surface area (Å²) >= 11 is 0. The van der Waals surface area contributed by atoms with Crippen molar-refractivity contribution < 1.29 is 5.11 Å². The molecule has 0 amide bonds. The van der Waals surface area contributed by atoms with Crippen LogP contribution in [0.2, 0.25) is 0 Å². The van der Waals surface area contributed by atoms with Gasteiger partial charge in [0.2, 0.25) is 0 Å². The highest BCUT2D eigenvalue weighted by Gasteiger charge is 2.13. The van der Waals surface area contributed by atoms with Crippen LogP contribution in [0.1, 0.15) is 19.3 Å². The summed E-state index contributed by atoms with van der Waals surface area (Å²) in [7, 11) is 0. The lowest BCUT2D eigenvalue weighted by molar-refractivity contribution is 0.476. The summed E-state index contributed by atoms with van der Waals surface area (Å²) in [5.41, 5.74) is 2.15. The smallest absolute Gasteiger partial charge is 0.116 e. The predicted molar refractivity (Wildman–Crippen MR) is 69.5 cm³/mol. The van der Waals surface area contributed by atoms with Gasteiger partial charge in [-0.05, 0) is 43.5 Å². The van der Waals surface area contributed by atoms with E-state index in [2.05, 4.69) is 9.88 Å². The standard InChI is InChI=1S/C14H16N2O/c17-11-4-5-13-12(10-11)14(6-7-15-13)16-8-2-1-3-9-16/h4-7,10,17H,1-3,8-9H2. The molecule has 0 saturated carbocycles. The number of aromatic nitrogens is 1. The third-order valence-corrected chi connectivity index (χ3v) is 3.40. The highest BCUT2D eigenvalue weighted by Crippen LogP contribution is 2.29. The van der Waals surface area contributed by atoms with Gasteiger partial charge in [0, 0.05) is 30.4 Å². The number of pyridine rings is 1. The van der Waals surface area contributed by atoms with Gasteiger partial charge in [-0.1, -0.05) is 0 Å². The molecule has 17 heavy (non-hydrogen) atoms. The van der Waals surface area contributed by atoms with Crippen molar-refractivity contribution in [2.24, 2.45) is 0 Å². The second-order valence-electron chi connectivity index (χ2n) is 4.58. The zero-order valence-corrected chi connectivity index (χ0v) is 9.76. The first-order chi connectivity index (χ1) is 8.34. The van der Waals surface area contributed by atoms with Crippen molar-refractivity contribution in [2.75, 3.05) is 18.0 Å². The maximum absolute atomic E-state index is 9.61. The van der Waals surface area contributed by atoms with Crippen LogP contribution in [-0.4, -0.2) is 23.2 Å². The monoisotopic (exact) mass is 228 g/mol. The number of nitrogens with zero attached hydrogens (tertiary/aromatic N) is 2. The molecule has 1 aromatic carbocycles. The van der Waals surface area contributed by atoms with Crippen molar-refractivity contribution in [3.05, 3.63) is 30.5 Å². The van der Waals surface area contributed by atoms with Gasteiger partial charge in [0.15, 0.2) is 0 Å². The molecule has 1 saturated heterocycles. The molecule has 3 rings (SSSR count). The molecule has 2 aromatic rings. The summed E-state index contributed by atoms with van der Waals surface area (Å²) < 4.78 is 0. The van der Waals surface area contributed by atoms with E-state index in [1.54, 1.807) is 6.07 Å². The van der Waals surface area contributed by atoms with E-state index in [1.807, 2.05) is 24.4 Å². The third kappa shape index (κ3) is 1.93. The maximum Gasteiger partial charge on any atom is 0.116 e. The molecular formula is C14H16N2O. The van der Waals surface area contributed by atoms with Gasteiger partial charge in [-0.2, -0.15) is 0 Å². The number of anilines is 1. The van der Waals surface area contributed by atoms with Crippen molar-refractivity contribution in [3.8, 4) is 5.75 Å². The van der Waals surface area contributed by atoms with Gasteiger partial charge in [-0.25, -0.2) is 0 Å². The number of hydrogen-bond donors (Lipinski definition) is 1. The minimum absolute atomic E-state index is 0.309. The van der Waals surface area contributed by atoms with Gasteiger partial charge in [-0.3, -0.25) is 4.98 Å². The highest BCUT2D eigenvalue weighted by molar-refractivity contribution is 5.92. The summed E-state index contributed by atoms with van der Waals surface area (Å²) in [6.07, 6.45) is 5.68. The van der Waals surface area contributed by atoms with E-state index in [0.29, 0.717) is 5.75 Å². The summed E-state index contributed by atoms with van der Waals surface area (Å²) in [4.78, 5) is 6.74. The van der Waals surface area contributed by atoms with Crippen LogP contribution in [0.25, 0.3) is 10.9 Å². The van der Waals surface area contributed by atoms with Gasteiger partial charge in [0.25, 0.3) is 0 Å². The average molecular weight is 228 g/mol. The van der Waals surface area contributed by atoms with Gasteiger partial charge < -0.3 is 10.0 Å². The molecule has 3 nitrogen and oxygen atoms in total. The predicted octanol–water partition coefficient (Wildman–Crippen LogP) is 2.93. The lowest BCUT2D eigenvalue weighted by Crippen LogP contribution is -2.29. The van der Waals surface area contributed by atoms with Crippen LogP contribution < -0.4 is 4.90 Å². The minimum atomic E-state index is 0.309. The van der Waals surface area contributed by atoms with E-state index in [-0.39, 0.29) is 0 Å². The molecule has 0 radical (unpaired) electrons. The first-order valence-electron chi connectivity index (χ1n) is 6.17. The fourth-order valence-corrected chi connectivity index (χ4v) is 2.53. The van der Waals surface area contributed by atoms with E-state index in [0.717, 1.165) is 24.0 Å². The molecule has 2 heterocycles. The Bertz CT molecular complexity index is 533. The molecule has 0 spiro atoms. The zero-order chi connectivity index (χ0) is 11.7. The van der Waals surface area contributed by atoms with Gasteiger partial charge in [-0.15, -0.1) is 0 Å². The lowest BCUT2D eigenvalue weighted by atomic mass is 10.1. The molecule has 0 bridgehead atoms. The van der Waals surface area contributed by atoms with Crippen LogP contribution >= 0.6 is 0 Å². The second-order valence-corrected chi connectivity index (χ2v) is 4.58. The summed E-state index contributed by atoms with van der Waals surface area (Å²) in [6.45, 7) is 2.21. The van der Waals surface area contributed by atoms with Crippen LogP contribution in [0.4, 0.5) is 5.69 Å². The molecule has 1 aromatic heterocycles. The molecule has 3 heteroatoms. The Morgan fingerprint density at radius 2 is 1.88 bits per heavy atom. The Hall–Kier alpha value is -1.77. The zero-order valence-electron chi connectivity index (χ0n) is 9.76. The van der Waals surface area contributed by atoms with Crippen LogP contribution in [0, 0.1) is 0 Å². The van der Waals surface area contributed by atoms with Crippen molar-refractivity contribution in [1.29, 1.82) is 0 Å². The van der Waals surface area contributed by atoms with Crippen molar-refractivity contribution in [2.45, 2.75) is 19.3 Å². The fourth-order valence-electron chi connectivity index (χ4n) is 2.53. The molecule has 1 aliphatic heterocycles. The number of hydrogen-bond acceptors (Lipinski definition) is 3. The largest absolute Gasteiger partial charge is 0.508 e. The number of aromatic hydroxyl groups is 1. The number of rotatable bonds is 1. The van der Waals surface area contributed by atoms with Crippen LogP contribution in [0.15, 0.2) is 30.5 Å². The third-order valence-electron chi connectivity index (χ3n) is 3.40. The lowest BCUT2D eigenvalue weighted by Gasteiger charge is -2.29. The molecule has 0 unspecified atom stereocenters. The highest BCUT2D eigenvalue weighted by atomic mass is 16.3. The van der Waals surface area contributed by atoms with E-state index in [1.165, 1.54) is 24.9 Å². The van der Waals surface area contributed by atoms with Crippen molar-refractivity contribution >= 4 is 16.6 Å². The van der Waals surface area contributed by atoms with Gasteiger partial charge in [0.1, 0.15) is 5.75 Å². The van der Waals surface area contributed by atoms with Crippen LogP contribution in [0.5, 0.6) is 5.75 Å². The first-order valence-corrected chi connectivity index (χ1v) is 6.17. The number of benzene rings is 1. The number of fused-ring (bicyclic) bond motifs is 1. The second kappa shape index (κ2) is 4.24. The van der Waals surface area contributed by atoms with Crippen LogP contribution in [-0.2, 0) is 0 Å². The summed E-state index contributed by atoms with van der Waals surface area (Å²) in [5, 5.41) is 10.7. The number of phenolic OH excluding ortho intramolecular Hbond substituents is 1. The van der Waals surface area contributed by atoms with E-state index < -0.39 is 0 Å². The molecule has 1 N–H and O–H groups in total. The number of phenols is 1. The average Bonchev–Trinajstić information content (AvgIpc) is 2.39. The SMILES string of the molecule is Oc1ccc2nccc(N3CCCCC3)c2c1. The Kier molecular flexibility index (Phi) is 2.59. The molecule has 0 atom stereocenters. The minimum Gasteiger partial charge on any atom is -0.508 e. The molecule has 0 aliphatic carbocycles. The molecule has 88 valence electrons. The summed E-state index contributed by atoms with van der Waals surface area (Å²) in [5.74, 6) is 0.309. The van der Waals surface area contributed by atoms with Crippen LogP contribution in [0.3, 0.4) is 0 Å². The molecular weight excluding hydrogens is 212 g/mol. The van der Waals surface area contributed by atoms with Crippen molar-refractivity contribution in [1.82, 2.24) is 4.98 Å². The maximum atomic E-state index is 9.61. The van der Waals surface area contributed by atoms with E-state index in [9.17, 15) is 5.11 Å². The Balaban J connectivity index is 2.11.